The highest BCUT2D eigenvalue weighted by molar-refractivity contribution is 7.99. The van der Waals surface area contributed by atoms with Crippen molar-refractivity contribution in [1.82, 2.24) is 0 Å². The molecule has 2 heteroatoms. The lowest BCUT2D eigenvalue weighted by molar-refractivity contribution is 0.989. The van der Waals surface area contributed by atoms with Crippen LogP contribution in [0.4, 0.5) is 0 Å². The molecule has 0 bridgehead atoms. The fraction of sp³-hybridized carbons (Fsp3) is 0.364. The van der Waals surface area contributed by atoms with Crippen LogP contribution in [0, 0.1) is 18.3 Å². The zero-order chi connectivity index (χ0) is 9.68. The van der Waals surface area contributed by atoms with Crippen LogP contribution in [0.5, 0.6) is 0 Å². The van der Waals surface area contributed by atoms with E-state index in [2.05, 4.69) is 44.2 Å². The van der Waals surface area contributed by atoms with Gasteiger partial charge in [-0.05, 0) is 19.1 Å². The highest BCUT2D eigenvalue weighted by Gasteiger charge is 2.02. The van der Waals surface area contributed by atoms with E-state index in [1.165, 1.54) is 10.5 Å². The zero-order valence-corrected chi connectivity index (χ0v) is 8.77. The summed E-state index contributed by atoms with van der Waals surface area (Å²) in [5.74, 6) is 0. The zero-order valence-electron chi connectivity index (χ0n) is 7.95. The summed E-state index contributed by atoms with van der Waals surface area (Å²) in [7, 11) is 0. The smallest absolute Gasteiger partial charge is 0.0633 e. The van der Waals surface area contributed by atoms with E-state index in [4.69, 9.17) is 5.26 Å². The third-order valence-corrected chi connectivity index (χ3v) is 2.85. The van der Waals surface area contributed by atoms with Crippen molar-refractivity contribution in [2.45, 2.75) is 30.4 Å². The first kappa shape index (κ1) is 10.1. The molecular weight excluding hydrogens is 178 g/mol. The summed E-state index contributed by atoms with van der Waals surface area (Å²) in [6.07, 6.45) is 0.610. The molecule has 1 rings (SSSR count). The van der Waals surface area contributed by atoms with Crippen molar-refractivity contribution in [2.75, 3.05) is 0 Å². The summed E-state index contributed by atoms with van der Waals surface area (Å²) in [6.45, 7) is 4.15. The number of rotatable bonds is 3. The van der Waals surface area contributed by atoms with Crippen molar-refractivity contribution < 1.29 is 0 Å². The summed E-state index contributed by atoms with van der Waals surface area (Å²) in [5.41, 5.74) is 1.28. The predicted molar refractivity (Wildman–Crippen MR) is 56.7 cm³/mol. The average Bonchev–Trinajstić information content (AvgIpc) is 2.09. The van der Waals surface area contributed by atoms with Gasteiger partial charge >= 0.3 is 0 Å². The number of nitriles is 1. The highest BCUT2D eigenvalue weighted by Crippen LogP contribution is 2.24. The van der Waals surface area contributed by atoms with Gasteiger partial charge < -0.3 is 0 Å². The van der Waals surface area contributed by atoms with Crippen molar-refractivity contribution >= 4 is 11.8 Å². The monoisotopic (exact) mass is 191 g/mol. The summed E-state index contributed by atoms with van der Waals surface area (Å²) in [4.78, 5) is 1.24. The van der Waals surface area contributed by atoms with Gasteiger partial charge in [0.1, 0.15) is 0 Å². The number of thioether (sulfide) groups is 1. The normalized spacial score (nSPS) is 12.1. The van der Waals surface area contributed by atoms with Gasteiger partial charge in [0.15, 0.2) is 0 Å². The molecule has 0 aliphatic carbocycles. The molecule has 1 aromatic rings. The molecule has 0 aliphatic heterocycles. The van der Waals surface area contributed by atoms with Crippen molar-refractivity contribution in [1.29, 1.82) is 5.26 Å². The molecule has 13 heavy (non-hydrogen) atoms. The molecule has 1 aromatic carbocycles. The fourth-order valence-corrected chi connectivity index (χ4v) is 1.94. The quantitative estimate of drug-likeness (QED) is 0.684. The molecule has 0 saturated carbocycles. The van der Waals surface area contributed by atoms with Gasteiger partial charge in [-0.1, -0.05) is 24.6 Å². The maximum atomic E-state index is 8.50. The molecule has 0 amide bonds. The van der Waals surface area contributed by atoms with Gasteiger partial charge in [0, 0.05) is 16.6 Å². The lowest BCUT2D eigenvalue weighted by Crippen LogP contribution is -1.92. The van der Waals surface area contributed by atoms with Crippen LogP contribution in [0.3, 0.4) is 0 Å². The number of aryl methyl sites for hydroxylation is 1. The van der Waals surface area contributed by atoms with Crippen LogP contribution in [0.1, 0.15) is 18.9 Å². The molecule has 0 N–H and O–H groups in total. The van der Waals surface area contributed by atoms with Gasteiger partial charge in [0.25, 0.3) is 0 Å². The molecule has 0 radical (unpaired) electrons. The fourth-order valence-electron chi connectivity index (χ4n) is 1.02. The van der Waals surface area contributed by atoms with E-state index in [1.54, 1.807) is 11.8 Å². The predicted octanol–water partition coefficient (Wildman–Crippen LogP) is 3.39. The molecule has 1 unspecified atom stereocenters. The Balaban J connectivity index is 2.55. The van der Waals surface area contributed by atoms with Crippen LogP contribution in [0.2, 0.25) is 0 Å². The van der Waals surface area contributed by atoms with E-state index in [1.807, 2.05) is 0 Å². The van der Waals surface area contributed by atoms with Crippen LogP contribution in [-0.4, -0.2) is 5.25 Å². The standard InChI is InChI=1S/C11H13NS/c1-9-3-5-11(6-4-9)13-10(2)7-8-12/h3-6,10H,7H2,1-2H3. The summed E-state index contributed by atoms with van der Waals surface area (Å²) >= 11 is 1.75. The Morgan fingerprint density at radius 1 is 1.38 bits per heavy atom. The topological polar surface area (TPSA) is 23.8 Å². The molecule has 0 saturated heterocycles. The van der Waals surface area contributed by atoms with E-state index in [9.17, 15) is 0 Å². The molecule has 0 aliphatic rings. The van der Waals surface area contributed by atoms with Crippen LogP contribution in [-0.2, 0) is 0 Å². The lowest BCUT2D eigenvalue weighted by Gasteiger charge is -2.06. The van der Waals surface area contributed by atoms with Gasteiger partial charge in [0.2, 0.25) is 0 Å². The molecule has 0 aromatic heterocycles. The number of hydrogen-bond acceptors (Lipinski definition) is 2. The Kier molecular flexibility index (Phi) is 3.85. The molecule has 1 atom stereocenters. The van der Waals surface area contributed by atoms with Gasteiger partial charge in [0.05, 0.1) is 6.07 Å². The second-order valence-electron chi connectivity index (χ2n) is 3.10. The molecule has 0 fully saturated rings. The van der Waals surface area contributed by atoms with Gasteiger partial charge in [-0.15, -0.1) is 11.8 Å². The average molecular weight is 191 g/mol. The minimum atomic E-state index is 0.382. The number of hydrogen-bond donors (Lipinski definition) is 0. The second kappa shape index (κ2) is 4.94. The highest BCUT2D eigenvalue weighted by atomic mass is 32.2. The van der Waals surface area contributed by atoms with Gasteiger partial charge in [-0.2, -0.15) is 5.26 Å². The first-order chi connectivity index (χ1) is 6.22. The van der Waals surface area contributed by atoms with E-state index < -0.39 is 0 Å². The van der Waals surface area contributed by atoms with Crippen molar-refractivity contribution in [2.24, 2.45) is 0 Å². The Morgan fingerprint density at radius 2 is 2.00 bits per heavy atom. The first-order valence-electron chi connectivity index (χ1n) is 4.32. The third kappa shape index (κ3) is 3.52. The molecule has 0 heterocycles. The van der Waals surface area contributed by atoms with Crippen molar-refractivity contribution in [3.63, 3.8) is 0 Å². The van der Waals surface area contributed by atoms with Crippen molar-refractivity contribution in [3.05, 3.63) is 29.8 Å². The summed E-state index contributed by atoms with van der Waals surface area (Å²) < 4.78 is 0. The van der Waals surface area contributed by atoms with Crippen molar-refractivity contribution in [3.8, 4) is 6.07 Å². The maximum absolute atomic E-state index is 8.50. The summed E-state index contributed by atoms with van der Waals surface area (Å²) in [6, 6.07) is 10.6. The van der Waals surface area contributed by atoms with Crippen LogP contribution in [0.25, 0.3) is 0 Å². The molecule has 0 spiro atoms. The maximum Gasteiger partial charge on any atom is 0.0633 e. The van der Waals surface area contributed by atoms with Gasteiger partial charge in [-0.25, -0.2) is 0 Å². The summed E-state index contributed by atoms with van der Waals surface area (Å²) in [5, 5.41) is 8.88. The molecular formula is C11H13NS. The Hall–Kier alpha value is -0.940. The third-order valence-electron chi connectivity index (χ3n) is 1.74. The number of benzene rings is 1. The largest absolute Gasteiger partial charge is 0.198 e. The number of nitrogens with zero attached hydrogens (tertiary/aromatic N) is 1. The van der Waals surface area contributed by atoms with E-state index in [0.29, 0.717) is 11.7 Å². The van der Waals surface area contributed by atoms with E-state index >= 15 is 0 Å². The van der Waals surface area contributed by atoms with Crippen LogP contribution < -0.4 is 0 Å². The lowest BCUT2D eigenvalue weighted by atomic mass is 10.2. The Bertz CT molecular complexity index is 297. The minimum absolute atomic E-state index is 0.382. The van der Waals surface area contributed by atoms with E-state index in [0.717, 1.165) is 0 Å². The van der Waals surface area contributed by atoms with Crippen LogP contribution in [0.15, 0.2) is 29.2 Å². The SMILES string of the molecule is Cc1ccc(SC(C)CC#N)cc1. The molecule has 68 valence electrons. The van der Waals surface area contributed by atoms with Gasteiger partial charge in [-0.3, -0.25) is 0 Å². The Labute approximate surface area is 83.8 Å². The van der Waals surface area contributed by atoms with Crippen LogP contribution >= 0.6 is 11.8 Å². The first-order valence-corrected chi connectivity index (χ1v) is 5.20. The second-order valence-corrected chi connectivity index (χ2v) is 4.62. The van der Waals surface area contributed by atoms with E-state index in [-0.39, 0.29) is 0 Å². The minimum Gasteiger partial charge on any atom is -0.198 e. The Morgan fingerprint density at radius 3 is 2.54 bits per heavy atom. The molecule has 1 nitrogen and oxygen atoms in total.